The highest BCUT2D eigenvalue weighted by atomic mass is 16.2. The molecule has 0 spiro atoms. The van der Waals surface area contributed by atoms with E-state index in [4.69, 9.17) is 0 Å². The lowest BCUT2D eigenvalue weighted by Gasteiger charge is -2.36. The van der Waals surface area contributed by atoms with Crippen LogP contribution < -0.4 is 10.2 Å². The number of hydrogen-bond acceptors (Lipinski definition) is 5. The van der Waals surface area contributed by atoms with Crippen LogP contribution in [0.2, 0.25) is 0 Å². The lowest BCUT2D eigenvalue weighted by atomic mass is 10.0. The third-order valence-corrected chi connectivity index (χ3v) is 5.47. The maximum atomic E-state index is 12.5. The van der Waals surface area contributed by atoms with Crippen LogP contribution in [0.25, 0.3) is 0 Å². The van der Waals surface area contributed by atoms with Crippen LogP contribution in [-0.2, 0) is 4.79 Å². The van der Waals surface area contributed by atoms with Gasteiger partial charge >= 0.3 is 0 Å². The maximum Gasteiger partial charge on any atom is 0.238 e. The number of hydrogen-bond donors (Lipinski definition) is 1. The molecule has 0 aromatic heterocycles. The molecule has 0 radical (unpaired) electrons. The second kappa shape index (κ2) is 8.89. The van der Waals surface area contributed by atoms with Gasteiger partial charge in [0.15, 0.2) is 5.78 Å². The van der Waals surface area contributed by atoms with Gasteiger partial charge in [-0.2, -0.15) is 5.26 Å². The molecule has 0 aliphatic carbocycles. The molecular formula is C23H26N4O2. The molecule has 2 aromatic rings. The highest BCUT2D eigenvalue weighted by molar-refractivity contribution is 6.00. The zero-order valence-corrected chi connectivity index (χ0v) is 17.2. The number of rotatable bonds is 5. The summed E-state index contributed by atoms with van der Waals surface area (Å²) in [4.78, 5) is 28.7. The van der Waals surface area contributed by atoms with Crippen molar-refractivity contribution < 1.29 is 9.59 Å². The normalized spacial score (nSPS) is 14.3. The van der Waals surface area contributed by atoms with Gasteiger partial charge in [0.2, 0.25) is 5.91 Å². The van der Waals surface area contributed by atoms with Crippen molar-refractivity contribution in [2.24, 2.45) is 0 Å². The first-order chi connectivity index (χ1) is 13.9. The number of carbonyl (C=O) groups is 2. The molecule has 2 aromatic carbocycles. The number of nitrogens with one attached hydrogen (secondary N) is 1. The molecule has 6 heteroatoms. The second-order valence-corrected chi connectivity index (χ2v) is 7.46. The van der Waals surface area contributed by atoms with E-state index in [1.54, 1.807) is 25.1 Å². The van der Waals surface area contributed by atoms with Crippen molar-refractivity contribution >= 4 is 23.1 Å². The molecule has 150 valence electrons. The number of nitrogens with zero attached hydrogens (tertiary/aromatic N) is 3. The lowest BCUT2D eigenvalue weighted by Crippen LogP contribution is -2.49. The van der Waals surface area contributed by atoms with Crippen molar-refractivity contribution in [3.05, 3.63) is 58.7 Å². The van der Waals surface area contributed by atoms with Crippen LogP contribution in [-0.4, -0.2) is 49.3 Å². The fraction of sp³-hybridized carbons (Fsp3) is 0.348. The van der Waals surface area contributed by atoms with Gasteiger partial charge in [-0.05, 0) is 56.2 Å². The number of benzene rings is 2. The van der Waals surface area contributed by atoms with Crippen LogP contribution >= 0.6 is 0 Å². The Morgan fingerprint density at radius 3 is 2.48 bits per heavy atom. The Bertz CT molecular complexity index is 969. The van der Waals surface area contributed by atoms with Crippen molar-refractivity contribution in [2.45, 2.75) is 20.8 Å². The molecule has 0 unspecified atom stereocenters. The number of carbonyl (C=O) groups excluding carboxylic acids is 2. The number of amides is 1. The first kappa shape index (κ1) is 20.6. The minimum absolute atomic E-state index is 0.0141. The summed E-state index contributed by atoms with van der Waals surface area (Å²) in [6, 6.07) is 13.2. The van der Waals surface area contributed by atoms with E-state index in [0.29, 0.717) is 43.9 Å². The molecule has 0 bridgehead atoms. The van der Waals surface area contributed by atoms with Crippen LogP contribution in [0.5, 0.6) is 0 Å². The summed E-state index contributed by atoms with van der Waals surface area (Å²) >= 11 is 0. The number of Topliss-reactive ketones (excluding diaryl/α,β-unsaturated/α-hetero) is 1. The molecular weight excluding hydrogens is 364 g/mol. The summed E-state index contributed by atoms with van der Waals surface area (Å²) in [5.41, 5.74) is 5.06. The fourth-order valence-corrected chi connectivity index (χ4v) is 3.59. The second-order valence-electron chi connectivity index (χ2n) is 7.46. The maximum absolute atomic E-state index is 12.5. The Morgan fingerprint density at radius 1 is 1.10 bits per heavy atom. The molecule has 0 saturated carbocycles. The van der Waals surface area contributed by atoms with E-state index in [-0.39, 0.29) is 11.7 Å². The summed E-state index contributed by atoms with van der Waals surface area (Å²) in [5.74, 6) is -0.0390. The highest BCUT2D eigenvalue weighted by Crippen LogP contribution is 2.24. The third-order valence-electron chi connectivity index (χ3n) is 5.47. The van der Waals surface area contributed by atoms with Gasteiger partial charge in [-0.3, -0.25) is 14.5 Å². The van der Waals surface area contributed by atoms with Gasteiger partial charge in [0.25, 0.3) is 0 Å². The predicted molar refractivity (Wildman–Crippen MR) is 114 cm³/mol. The minimum atomic E-state index is -0.0250. The van der Waals surface area contributed by atoms with Gasteiger partial charge in [0.1, 0.15) is 0 Å². The first-order valence-corrected chi connectivity index (χ1v) is 9.77. The Hall–Kier alpha value is -3.17. The van der Waals surface area contributed by atoms with Crippen LogP contribution in [0, 0.1) is 25.2 Å². The monoisotopic (exact) mass is 390 g/mol. The van der Waals surface area contributed by atoms with Gasteiger partial charge in [-0.25, -0.2) is 0 Å². The molecule has 0 atom stereocenters. The van der Waals surface area contributed by atoms with Crippen LogP contribution in [0.4, 0.5) is 11.4 Å². The van der Waals surface area contributed by atoms with Crippen molar-refractivity contribution in [1.82, 2.24) is 4.90 Å². The number of nitriles is 1. The summed E-state index contributed by atoms with van der Waals surface area (Å²) in [6.07, 6.45) is 0. The molecule has 1 aliphatic heterocycles. The molecule has 3 rings (SSSR count). The molecule has 1 aliphatic rings. The fourth-order valence-electron chi connectivity index (χ4n) is 3.59. The van der Waals surface area contributed by atoms with Crippen molar-refractivity contribution in [3.8, 4) is 6.07 Å². The largest absolute Gasteiger partial charge is 0.368 e. The van der Waals surface area contributed by atoms with E-state index < -0.39 is 0 Å². The van der Waals surface area contributed by atoms with Gasteiger partial charge in [0.05, 0.1) is 18.2 Å². The Balaban J connectivity index is 1.61. The van der Waals surface area contributed by atoms with Crippen LogP contribution in [0.1, 0.15) is 34.0 Å². The Morgan fingerprint density at radius 2 is 1.83 bits per heavy atom. The average Bonchev–Trinajstić information content (AvgIpc) is 2.71. The Labute approximate surface area is 171 Å². The van der Waals surface area contributed by atoms with Gasteiger partial charge in [0, 0.05) is 43.1 Å². The highest BCUT2D eigenvalue weighted by Gasteiger charge is 2.22. The summed E-state index contributed by atoms with van der Waals surface area (Å²) < 4.78 is 0. The molecule has 29 heavy (non-hydrogen) atoms. The van der Waals surface area contributed by atoms with E-state index in [0.717, 1.165) is 22.5 Å². The smallest absolute Gasteiger partial charge is 0.238 e. The number of ketones is 1. The van der Waals surface area contributed by atoms with E-state index in [1.165, 1.54) is 0 Å². The zero-order chi connectivity index (χ0) is 21.0. The number of piperazine rings is 1. The van der Waals surface area contributed by atoms with E-state index in [1.807, 2.05) is 32.0 Å². The van der Waals surface area contributed by atoms with Crippen LogP contribution in [0.15, 0.2) is 36.4 Å². The minimum Gasteiger partial charge on any atom is -0.368 e. The summed E-state index contributed by atoms with van der Waals surface area (Å²) in [7, 11) is 0. The van der Waals surface area contributed by atoms with Crippen LogP contribution in [0.3, 0.4) is 0 Å². The predicted octanol–water partition coefficient (Wildman–Crippen LogP) is 3.14. The van der Waals surface area contributed by atoms with Crippen molar-refractivity contribution in [1.29, 1.82) is 5.26 Å². The van der Waals surface area contributed by atoms with E-state index >= 15 is 0 Å². The summed E-state index contributed by atoms with van der Waals surface area (Å²) in [6.45, 7) is 8.74. The van der Waals surface area contributed by atoms with Gasteiger partial charge in [-0.1, -0.05) is 12.1 Å². The zero-order valence-electron chi connectivity index (χ0n) is 17.2. The first-order valence-electron chi connectivity index (χ1n) is 9.77. The molecule has 1 saturated heterocycles. The molecule has 1 amide bonds. The van der Waals surface area contributed by atoms with E-state index in [9.17, 15) is 14.9 Å². The van der Waals surface area contributed by atoms with Crippen molar-refractivity contribution in [3.63, 3.8) is 0 Å². The number of aryl methyl sites for hydroxylation is 1. The molecule has 1 N–H and O–H groups in total. The van der Waals surface area contributed by atoms with E-state index in [2.05, 4.69) is 21.2 Å². The lowest BCUT2D eigenvalue weighted by molar-refractivity contribution is -0.117. The SMILES string of the molecule is CC(=O)c1ccc(C#N)cc1N1CCN(CC(=O)Nc2cccc(C)c2C)CC1. The molecule has 1 fully saturated rings. The summed E-state index contributed by atoms with van der Waals surface area (Å²) in [5, 5.41) is 12.2. The third kappa shape index (κ3) is 4.82. The van der Waals surface area contributed by atoms with Gasteiger partial charge < -0.3 is 10.2 Å². The topological polar surface area (TPSA) is 76.4 Å². The average molecular weight is 390 g/mol. The molecule has 6 nitrogen and oxygen atoms in total. The standard InChI is InChI=1S/C23H26N4O2/c1-16-5-4-6-21(17(16)2)25-23(29)15-26-9-11-27(12-10-26)22-13-19(14-24)7-8-20(22)18(3)28/h4-8,13H,9-12,15H2,1-3H3,(H,25,29). The number of anilines is 2. The van der Waals surface area contributed by atoms with Gasteiger partial charge in [-0.15, -0.1) is 0 Å². The molecule has 1 heterocycles. The Kier molecular flexibility index (Phi) is 6.30. The van der Waals surface area contributed by atoms with Crippen molar-refractivity contribution in [2.75, 3.05) is 42.9 Å². The quantitative estimate of drug-likeness (QED) is 0.794.